The third-order valence-corrected chi connectivity index (χ3v) is 6.15. The highest BCUT2D eigenvalue weighted by molar-refractivity contribution is 7.20. The number of carbonyl (C=O) groups excluding carboxylic acids is 2. The average Bonchev–Trinajstić information content (AvgIpc) is 3.12. The van der Waals surface area contributed by atoms with Crippen LogP contribution in [-0.4, -0.2) is 63.8 Å². The first-order valence-electron chi connectivity index (χ1n) is 9.20. The van der Waals surface area contributed by atoms with Gasteiger partial charge in [0.05, 0.1) is 10.4 Å². The minimum atomic E-state index is -0.0198. The maximum Gasteiger partial charge on any atom is 0.263 e. The lowest BCUT2D eigenvalue weighted by molar-refractivity contribution is 0.0710. The van der Waals surface area contributed by atoms with Crippen molar-refractivity contribution < 1.29 is 9.59 Å². The molecule has 0 aromatic carbocycles. The third-order valence-electron chi connectivity index (χ3n) is 5.06. The number of pyridine rings is 1. The second kappa shape index (κ2) is 7.63. The standard InChI is InChI=1S/C20H21N5O2S/c1-24(2)20(27)17-15(16-18(28-17)23-9-8-22-16)13-5-10-25(11-6-13)19(26)14-4-3-7-21-12-14/h3-4,7-9,12-13H,5-6,10-11H2,1-2H3. The number of aromatic nitrogens is 3. The van der Waals surface area contributed by atoms with Crippen molar-refractivity contribution in [1.29, 1.82) is 0 Å². The van der Waals surface area contributed by atoms with Crippen molar-refractivity contribution in [2.45, 2.75) is 18.8 Å². The monoisotopic (exact) mass is 395 g/mol. The molecule has 0 unspecified atom stereocenters. The molecule has 1 aliphatic rings. The van der Waals surface area contributed by atoms with E-state index in [2.05, 4.69) is 15.0 Å². The number of hydrogen-bond donors (Lipinski definition) is 0. The van der Waals surface area contributed by atoms with Gasteiger partial charge in [-0.1, -0.05) is 0 Å². The van der Waals surface area contributed by atoms with Gasteiger partial charge in [-0.2, -0.15) is 0 Å². The molecule has 0 bridgehead atoms. The van der Waals surface area contributed by atoms with E-state index in [0.717, 1.165) is 28.8 Å². The topological polar surface area (TPSA) is 79.3 Å². The first-order valence-corrected chi connectivity index (χ1v) is 10.0. The minimum absolute atomic E-state index is 0.00566. The van der Waals surface area contributed by atoms with Crippen molar-refractivity contribution in [3.63, 3.8) is 0 Å². The zero-order valence-corrected chi connectivity index (χ0v) is 16.6. The molecule has 2 amide bonds. The van der Waals surface area contributed by atoms with Gasteiger partial charge >= 0.3 is 0 Å². The fourth-order valence-electron chi connectivity index (χ4n) is 3.63. The summed E-state index contributed by atoms with van der Waals surface area (Å²) in [6, 6.07) is 3.56. The van der Waals surface area contributed by atoms with Gasteiger partial charge in [0.25, 0.3) is 11.8 Å². The molecule has 7 nitrogen and oxygen atoms in total. The van der Waals surface area contributed by atoms with Crippen LogP contribution in [0.1, 0.15) is 44.4 Å². The normalized spacial score (nSPS) is 15.0. The smallest absolute Gasteiger partial charge is 0.263 e. The molecule has 4 rings (SSSR count). The summed E-state index contributed by atoms with van der Waals surface area (Å²) in [6.45, 7) is 1.29. The molecule has 144 valence electrons. The summed E-state index contributed by atoms with van der Waals surface area (Å²) in [5.41, 5.74) is 2.41. The first-order chi connectivity index (χ1) is 13.6. The van der Waals surface area contributed by atoms with Crippen LogP contribution in [0.25, 0.3) is 10.3 Å². The Hall–Kier alpha value is -2.87. The lowest BCUT2D eigenvalue weighted by Gasteiger charge is -2.32. The Morgan fingerprint density at radius 2 is 1.89 bits per heavy atom. The molecule has 0 atom stereocenters. The van der Waals surface area contributed by atoms with Gasteiger partial charge in [0.15, 0.2) is 0 Å². The van der Waals surface area contributed by atoms with E-state index < -0.39 is 0 Å². The fraction of sp³-hybridized carbons (Fsp3) is 0.350. The van der Waals surface area contributed by atoms with E-state index in [-0.39, 0.29) is 17.7 Å². The summed E-state index contributed by atoms with van der Waals surface area (Å²) in [7, 11) is 3.51. The van der Waals surface area contributed by atoms with Gasteiger partial charge in [-0.15, -0.1) is 11.3 Å². The number of likely N-dealkylation sites (tertiary alicyclic amines) is 1. The number of nitrogens with zero attached hydrogens (tertiary/aromatic N) is 5. The zero-order valence-electron chi connectivity index (χ0n) is 15.8. The molecule has 4 heterocycles. The molecular formula is C20H21N5O2S. The number of hydrogen-bond acceptors (Lipinski definition) is 6. The third kappa shape index (κ3) is 3.35. The van der Waals surface area contributed by atoms with Crippen LogP contribution < -0.4 is 0 Å². The lowest BCUT2D eigenvalue weighted by atomic mass is 9.88. The van der Waals surface area contributed by atoms with E-state index in [9.17, 15) is 9.59 Å². The van der Waals surface area contributed by atoms with Gasteiger partial charge in [-0.25, -0.2) is 4.98 Å². The molecule has 0 radical (unpaired) electrons. The number of thiophene rings is 1. The number of rotatable bonds is 3. The van der Waals surface area contributed by atoms with Crippen LogP contribution >= 0.6 is 11.3 Å². The van der Waals surface area contributed by atoms with Crippen LogP contribution in [0.3, 0.4) is 0 Å². The number of carbonyl (C=O) groups is 2. The Bertz CT molecular complexity index is 1010. The van der Waals surface area contributed by atoms with Gasteiger partial charge in [0.1, 0.15) is 10.3 Å². The number of amides is 2. The Morgan fingerprint density at radius 1 is 1.14 bits per heavy atom. The van der Waals surface area contributed by atoms with Gasteiger partial charge in [0.2, 0.25) is 0 Å². The molecule has 28 heavy (non-hydrogen) atoms. The minimum Gasteiger partial charge on any atom is -0.344 e. The molecular weight excluding hydrogens is 374 g/mol. The van der Waals surface area contributed by atoms with Crippen LogP contribution in [0.5, 0.6) is 0 Å². The van der Waals surface area contributed by atoms with E-state index in [4.69, 9.17) is 0 Å². The zero-order chi connectivity index (χ0) is 19.7. The largest absolute Gasteiger partial charge is 0.344 e. The average molecular weight is 395 g/mol. The molecule has 0 N–H and O–H groups in total. The quantitative estimate of drug-likeness (QED) is 0.681. The second-order valence-electron chi connectivity index (χ2n) is 7.06. The Kier molecular flexibility index (Phi) is 5.04. The van der Waals surface area contributed by atoms with E-state index in [1.807, 2.05) is 4.90 Å². The first kappa shape index (κ1) is 18.5. The maximum absolute atomic E-state index is 12.7. The summed E-state index contributed by atoms with van der Waals surface area (Å²) >= 11 is 1.40. The van der Waals surface area contributed by atoms with Crippen molar-refractivity contribution in [2.24, 2.45) is 0 Å². The predicted octanol–water partition coefficient (Wildman–Crippen LogP) is 2.81. The summed E-state index contributed by atoms with van der Waals surface area (Å²) in [5.74, 6) is 0.169. The van der Waals surface area contributed by atoms with Crippen molar-refractivity contribution in [3.8, 4) is 0 Å². The second-order valence-corrected chi connectivity index (χ2v) is 8.06. The molecule has 1 fully saturated rings. The molecule has 0 saturated carbocycles. The van der Waals surface area contributed by atoms with E-state index in [1.165, 1.54) is 11.3 Å². The number of fused-ring (bicyclic) bond motifs is 1. The Morgan fingerprint density at radius 3 is 2.57 bits per heavy atom. The predicted molar refractivity (Wildman–Crippen MR) is 108 cm³/mol. The molecule has 3 aromatic rings. The molecule has 8 heteroatoms. The Labute approximate surface area is 167 Å². The Balaban J connectivity index is 1.59. The molecule has 0 aliphatic carbocycles. The maximum atomic E-state index is 12.7. The highest BCUT2D eigenvalue weighted by Crippen LogP contribution is 2.39. The van der Waals surface area contributed by atoms with Gasteiger partial charge in [-0.3, -0.25) is 19.6 Å². The molecule has 3 aromatic heterocycles. The van der Waals surface area contributed by atoms with E-state index in [1.54, 1.807) is 55.9 Å². The van der Waals surface area contributed by atoms with Crippen LogP contribution in [-0.2, 0) is 0 Å². The van der Waals surface area contributed by atoms with Crippen LogP contribution in [0, 0.1) is 0 Å². The molecule has 1 saturated heterocycles. The van der Waals surface area contributed by atoms with E-state index >= 15 is 0 Å². The number of piperidine rings is 1. The highest BCUT2D eigenvalue weighted by atomic mass is 32.1. The highest BCUT2D eigenvalue weighted by Gasteiger charge is 2.31. The fourth-order valence-corrected chi connectivity index (χ4v) is 4.84. The van der Waals surface area contributed by atoms with Gasteiger partial charge < -0.3 is 9.80 Å². The summed E-state index contributed by atoms with van der Waals surface area (Å²) in [5, 5.41) is 0. The van der Waals surface area contributed by atoms with Gasteiger partial charge in [0, 0.05) is 57.5 Å². The van der Waals surface area contributed by atoms with Crippen molar-refractivity contribution in [2.75, 3.05) is 27.2 Å². The van der Waals surface area contributed by atoms with Crippen molar-refractivity contribution in [3.05, 3.63) is 52.9 Å². The summed E-state index contributed by atoms with van der Waals surface area (Å²) in [4.78, 5) is 43.3. The van der Waals surface area contributed by atoms with Crippen molar-refractivity contribution >= 4 is 33.5 Å². The molecule has 1 aliphatic heterocycles. The lowest BCUT2D eigenvalue weighted by Crippen LogP contribution is -2.38. The van der Waals surface area contributed by atoms with E-state index in [0.29, 0.717) is 23.5 Å². The van der Waals surface area contributed by atoms with Crippen LogP contribution in [0.15, 0.2) is 36.9 Å². The summed E-state index contributed by atoms with van der Waals surface area (Å²) in [6.07, 6.45) is 8.18. The molecule has 0 spiro atoms. The van der Waals surface area contributed by atoms with Crippen LogP contribution in [0.4, 0.5) is 0 Å². The van der Waals surface area contributed by atoms with Gasteiger partial charge in [-0.05, 0) is 30.9 Å². The summed E-state index contributed by atoms with van der Waals surface area (Å²) < 4.78 is 0. The van der Waals surface area contributed by atoms with Crippen LogP contribution in [0.2, 0.25) is 0 Å². The van der Waals surface area contributed by atoms with Crippen molar-refractivity contribution in [1.82, 2.24) is 24.8 Å². The SMILES string of the molecule is CN(C)C(=O)c1sc2nccnc2c1C1CCN(C(=O)c2cccnc2)CC1.